The zero-order chi connectivity index (χ0) is 21.9. The first-order valence-corrected chi connectivity index (χ1v) is 12.0. The van der Waals surface area contributed by atoms with E-state index in [1.165, 1.54) is 21.4 Å². The van der Waals surface area contributed by atoms with Crippen LogP contribution < -0.4 is 4.90 Å². The number of nitrogens with zero attached hydrogens (tertiary/aromatic N) is 4. The molecule has 1 N–H and O–H groups in total. The van der Waals surface area contributed by atoms with Crippen LogP contribution in [-0.4, -0.2) is 47.6 Å². The number of piperazine rings is 1. The van der Waals surface area contributed by atoms with E-state index in [9.17, 15) is 0 Å². The van der Waals surface area contributed by atoms with Crippen LogP contribution in [0.1, 0.15) is 17.7 Å². The van der Waals surface area contributed by atoms with Gasteiger partial charge in [0.05, 0.1) is 17.1 Å². The van der Waals surface area contributed by atoms with E-state index >= 15 is 0 Å². The molecule has 1 saturated heterocycles. The summed E-state index contributed by atoms with van der Waals surface area (Å²) < 4.78 is 0. The van der Waals surface area contributed by atoms with E-state index < -0.39 is 0 Å². The summed E-state index contributed by atoms with van der Waals surface area (Å²) in [4.78, 5) is 18.1. The maximum absolute atomic E-state index is 7.25. The van der Waals surface area contributed by atoms with E-state index in [0.717, 1.165) is 61.9 Å². The fourth-order valence-corrected chi connectivity index (χ4v) is 5.60. The number of fused-ring (bicyclic) bond motifs is 1. The van der Waals surface area contributed by atoms with Crippen molar-refractivity contribution in [2.24, 2.45) is 0 Å². The lowest BCUT2D eigenvalue weighted by molar-refractivity contribution is 0.255. The molecule has 2 aromatic heterocycles. The molecule has 0 aliphatic carbocycles. The van der Waals surface area contributed by atoms with Gasteiger partial charge in [-0.25, -0.2) is 9.83 Å². The van der Waals surface area contributed by atoms with Gasteiger partial charge in [-0.1, -0.05) is 47.7 Å². The van der Waals surface area contributed by atoms with Crippen molar-refractivity contribution in [2.75, 3.05) is 37.6 Å². The van der Waals surface area contributed by atoms with E-state index in [-0.39, 0.29) is 0 Å². The molecule has 0 radical (unpaired) electrons. The molecule has 1 aliphatic rings. The summed E-state index contributed by atoms with van der Waals surface area (Å²) in [6.45, 7) is 14.7. The van der Waals surface area contributed by atoms with Gasteiger partial charge in [0.25, 0.3) is 0 Å². The molecule has 0 amide bonds. The van der Waals surface area contributed by atoms with Crippen LogP contribution in [0, 0.1) is 13.5 Å². The molecule has 4 aromatic rings. The Morgan fingerprint density at radius 1 is 1.09 bits per heavy atom. The van der Waals surface area contributed by atoms with Crippen molar-refractivity contribution in [3.63, 3.8) is 0 Å². The average Bonchev–Trinajstić information content (AvgIpc) is 3.43. The molecule has 32 heavy (non-hydrogen) atoms. The summed E-state index contributed by atoms with van der Waals surface area (Å²) in [6, 6.07) is 16.5. The summed E-state index contributed by atoms with van der Waals surface area (Å²) in [7, 11) is 0. The van der Waals surface area contributed by atoms with Crippen molar-refractivity contribution in [1.29, 1.82) is 0 Å². The molecule has 162 valence electrons. The molecule has 5 nitrogen and oxygen atoms in total. The fraction of sp³-hybridized carbons (Fsp3) is 0.308. The molecule has 1 fully saturated rings. The minimum absolute atomic E-state index is 0.710. The Morgan fingerprint density at radius 2 is 1.91 bits per heavy atom. The summed E-state index contributed by atoms with van der Waals surface area (Å²) in [5.41, 5.74) is 5.53. The molecule has 6 heteroatoms. The summed E-state index contributed by atoms with van der Waals surface area (Å²) in [5, 5.41) is 2.34. The molecule has 3 heterocycles. The average molecular weight is 442 g/mol. The van der Waals surface area contributed by atoms with E-state index in [0.29, 0.717) is 5.69 Å². The van der Waals surface area contributed by atoms with Crippen LogP contribution in [0.2, 0.25) is 0 Å². The second-order valence-electron chi connectivity index (χ2n) is 8.36. The van der Waals surface area contributed by atoms with Gasteiger partial charge in [0.2, 0.25) is 0 Å². The molecule has 0 unspecified atom stereocenters. The highest BCUT2D eigenvalue weighted by molar-refractivity contribution is 7.19. The van der Waals surface area contributed by atoms with Crippen molar-refractivity contribution in [1.82, 2.24) is 14.9 Å². The number of hydrogen-bond donors (Lipinski definition) is 1. The van der Waals surface area contributed by atoms with Crippen LogP contribution in [0.3, 0.4) is 0 Å². The topological polar surface area (TPSA) is 39.5 Å². The minimum Gasteiger partial charge on any atom is -0.361 e. The zero-order valence-electron chi connectivity index (χ0n) is 18.3. The van der Waals surface area contributed by atoms with E-state index in [4.69, 9.17) is 11.6 Å². The predicted molar refractivity (Wildman–Crippen MR) is 134 cm³/mol. The number of nitrogens with one attached hydrogen (secondary N) is 1. The Morgan fingerprint density at radius 3 is 2.69 bits per heavy atom. The number of thiazole rings is 1. The highest BCUT2D eigenvalue weighted by Crippen LogP contribution is 2.34. The van der Waals surface area contributed by atoms with Crippen LogP contribution in [-0.2, 0) is 6.42 Å². The quantitative estimate of drug-likeness (QED) is 0.378. The van der Waals surface area contributed by atoms with Crippen molar-refractivity contribution >= 4 is 33.1 Å². The van der Waals surface area contributed by atoms with Crippen molar-refractivity contribution < 1.29 is 0 Å². The van der Waals surface area contributed by atoms with Crippen molar-refractivity contribution in [3.8, 4) is 10.4 Å². The number of H-pyrrole nitrogens is 1. The van der Waals surface area contributed by atoms with Gasteiger partial charge in [-0.05, 0) is 55.0 Å². The van der Waals surface area contributed by atoms with Crippen LogP contribution in [0.5, 0.6) is 0 Å². The number of aryl methyl sites for hydroxylation is 2. The number of aromatic nitrogens is 2. The highest BCUT2D eigenvalue weighted by atomic mass is 32.1. The standard InChI is InChI=1S/C26H27N5S/c1-19-25(20-7-4-3-5-8-20)32-26(29-19)31-15-13-30(14-16-31)12-6-9-21-18-28-24-11-10-22(27-2)17-23(21)24/h3-5,7-8,10-11,17-18,28H,6,9,12-16H2,1H3. The number of hydrogen-bond acceptors (Lipinski definition) is 4. The number of rotatable bonds is 6. The number of aromatic amines is 1. The molecule has 0 atom stereocenters. The maximum Gasteiger partial charge on any atom is 0.187 e. The van der Waals surface area contributed by atoms with Gasteiger partial charge in [0.15, 0.2) is 10.8 Å². The highest BCUT2D eigenvalue weighted by Gasteiger charge is 2.21. The number of benzene rings is 2. The molecule has 0 bridgehead atoms. The van der Waals surface area contributed by atoms with Gasteiger partial charge >= 0.3 is 0 Å². The molecule has 5 rings (SSSR count). The molecule has 0 saturated carbocycles. The first-order chi connectivity index (χ1) is 15.7. The Balaban J connectivity index is 1.15. The number of anilines is 1. The summed E-state index contributed by atoms with van der Waals surface area (Å²) >= 11 is 1.81. The largest absolute Gasteiger partial charge is 0.361 e. The van der Waals surface area contributed by atoms with Crippen LogP contribution in [0.4, 0.5) is 10.8 Å². The second-order valence-corrected chi connectivity index (χ2v) is 9.34. The Labute approximate surface area is 193 Å². The van der Waals surface area contributed by atoms with Gasteiger partial charge in [0, 0.05) is 37.9 Å². The van der Waals surface area contributed by atoms with Gasteiger partial charge in [-0.15, -0.1) is 0 Å². The van der Waals surface area contributed by atoms with Crippen molar-refractivity contribution in [2.45, 2.75) is 19.8 Å². The van der Waals surface area contributed by atoms with Gasteiger partial charge in [0.1, 0.15) is 0 Å². The fourth-order valence-electron chi connectivity index (χ4n) is 4.47. The third-order valence-corrected chi connectivity index (χ3v) is 7.53. The second kappa shape index (κ2) is 9.15. The van der Waals surface area contributed by atoms with Gasteiger partial charge in [-0.2, -0.15) is 0 Å². The maximum atomic E-state index is 7.25. The first kappa shape index (κ1) is 20.7. The third-order valence-electron chi connectivity index (χ3n) is 6.26. The van der Waals surface area contributed by atoms with E-state index in [1.54, 1.807) is 0 Å². The Hall–Kier alpha value is -3.14. The molecular formula is C26H27N5S. The third kappa shape index (κ3) is 4.27. The van der Waals surface area contributed by atoms with E-state index in [2.05, 4.69) is 63.1 Å². The summed E-state index contributed by atoms with van der Waals surface area (Å²) in [5.74, 6) is 0. The van der Waals surface area contributed by atoms with Crippen molar-refractivity contribution in [3.05, 3.63) is 77.4 Å². The Bertz CT molecular complexity index is 1240. The predicted octanol–water partition coefficient (Wildman–Crippen LogP) is 5.91. The molecule has 0 spiro atoms. The Kier molecular flexibility index (Phi) is 5.93. The van der Waals surface area contributed by atoms with E-state index in [1.807, 2.05) is 29.5 Å². The lowest BCUT2D eigenvalue weighted by atomic mass is 10.1. The van der Waals surface area contributed by atoms with Crippen LogP contribution in [0.25, 0.3) is 26.2 Å². The smallest absolute Gasteiger partial charge is 0.187 e. The van der Waals surface area contributed by atoms with Gasteiger partial charge < -0.3 is 9.88 Å². The minimum atomic E-state index is 0.710. The lowest BCUT2D eigenvalue weighted by Gasteiger charge is -2.34. The molecule has 1 aliphatic heterocycles. The first-order valence-electron chi connectivity index (χ1n) is 11.2. The lowest BCUT2D eigenvalue weighted by Crippen LogP contribution is -2.46. The monoisotopic (exact) mass is 441 g/mol. The van der Waals surface area contributed by atoms with Crippen LogP contribution in [0.15, 0.2) is 54.7 Å². The SMILES string of the molecule is [C-]#[N+]c1ccc2[nH]cc(CCCN3CCN(c4nc(C)c(-c5ccccc5)s4)CC3)c2c1. The molecular weight excluding hydrogens is 414 g/mol. The van der Waals surface area contributed by atoms with Gasteiger partial charge in [-0.3, -0.25) is 4.90 Å². The molecule has 2 aromatic carbocycles. The normalized spacial score (nSPS) is 14.7. The summed E-state index contributed by atoms with van der Waals surface area (Å²) in [6.07, 6.45) is 4.27. The van der Waals surface area contributed by atoms with Crippen LogP contribution >= 0.6 is 11.3 Å². The zero-order valence-corrected chi connectivity index (χ0v) is 19.2.